The fourth-order valence-electron chi connectivity index (χ4n) is 4.16. The van der Waals surface area contributed by atoms with E-state index in [4.69, 9.17) is 4.98 Å². The van der Waals surface area contributed by atoms with E-state index in [0.29, 0.717) is 0 Å². The molecule has 1 saturated heterocycles. The molecule has 28 heavy (non-hydrogen) atoms. The second-order valence-corrected chi connectivity index (χ2v) is 8.13. The maximum absolute atomic E-state index is 10.2. The van der Waals surface area contributed by atoms with Gasteiger partial charge in [0.15, 0.2) is 5.13 Å². The van der Waals surface area contributed by atoms with Gasteiger partial charge in [-0.25, -0.2) is 4.98 Å². The summed E-state index contributed by atoms with van der Waals surface area (Å²) in [5, 5.41) is 21.0. The van der Waals surface area contributed by atoms with Crippen molar-refractivity contribution in [2.24, 2.45) is 0 Å². The third-order valence-corrected chi connectivity index (χ3v) is 6.87. The topological polar surface area (TPSA) is 60.2 Å². The molecular formula is C23H23N3OS. The standard InChI is InChI=1S/C23H23N3OS/c1-3-21-15(2)25-23(28-21)26-19(13-24)22(20(26)14-27)18-12-8-7-11-17(18)16-9-5-4-6-10-16/h4-12,19-20,22,27H,3,14H2,1-2H3/t19-,20-,22+/m0/s1. The van der Waals surface area contributed by atoms with E-state index in [9.17, 15) is 10.4 Å². The summed E-state index contributed by atoms with van der Waals surface area (Å²) >= 11 is 1.63. The largest absolute Gasteiger partial charge is 0.394 e. The maximum Gasteiger partial charge on any atom is 0.187 e. The highest BCUT2D eigenvalue weighted by atomic mass is 32.1. The Morgan fingerprint density at radius 1 is 1.14 bits per heavy atom. The Morgan fingerprint density at radius 3 is 2.50 bits per heavy atom. The first kappa shape index (κ1) is 18.7. The lowest BCUT2D eigenvalue weighted by molar-refractivity contribution is 0.188. The number of hydrogen-bond donors (Lipinski definition) is 1. The summed E-state index contributed by atoms with van der Waals surface area (Å²) in [7, 11) is 0. The number of thiazole rings is 1. The molecule has 0 unspecified atom stereocenters. The van der Waals surface area contributed by atoms with Crippen LogP contribution in [0.25, 0.3) is 11.1 Å². The second kappa shape index (κ2) is 7.75. The van der Waals surface area contributed by atoms with Gasteiger partial charge < -0.3 is 10.0 Å². The molecule has 4 nitrogen and oxygen atoms in total. The van der Waals surface area contributed by atoms with Crippen LogP contribution < -0.4 is 4.90 Å². The van der Waals surface area contributed by atoms with Crippen LogP contribution >= 0.6 is 11.3 Å². The van der Waals surface area contributed by atoms with Crippen LogP contribution in [0.3, 0.4) is 0 Å². The van der Waals surface area contributed by atoms with Crippen LogP contribution in [0.5, 0.6) is 0 Å². The molecule has 3 atom stereocenters. The van der Waals surface area contributed by atoms with Gasteiger partial charge in [-0.15, -0.1) is 11.3 Å². The Kier molecular flexibility index (Phi) is 5.17. The molecule has 1 fully saturated rings. The Labute approximate surface area is 169 Å². The molecule has 142 valence electrons. The Hall–Kier alpha value is -2.68. The quantitative estimate of drug-likeness (QED) is 0.696. The lowest BCUT2D eigenvalue weighted by Crippen LogP contribution is -2.63. The third kappa shape index (κ3) is 2.99. The van der Waals surface area contributed by atoms with E-state index in [-0.39, 0.29) is 24.6 Å². The van der Waals surface area contributed by atoms with Crippen molar-refractivity contribution in [2.75, 3.05) is 11.5 Å². The van der Waals surface area contributed by atoms with Gasteiger partial charge in [-0.1, -0.05) is 61.5 Å². The van der Waals surface area contributed by atoms with Crippen LogP contribution in [0, 0.1) is 18.3 Å². The highest BCUT2D eigenvalue weighted by Crippen LogP contribution is 2.47. The van der Waals surface area contributed by atoms with Crippen LogP contribution in [-0.4, -0.2) is 28.8 Å². The van der Waals surface area contributed by atoms with Crippen molar-refractivity contribution in [3.8, 4) is 17.2 Å². The Bertz CT molecular complexity index is 1010. The van der Waals surface area contributed by atoms with Crippen LogP contribution in [0.4, 0.5) is 5.13 Å². The number of aryl methyl sites for hydroxylation is 2. The highest BCUT2D eigenvalue weighted by Gasteiger charge is 2.51. The summed E-state index contributed by atoms with van der Waals surface area (Å²) in [6, 6.07) is 20.4. The highest BCUT2D eigenvalue weighted by molar-refractivity contribution is 7.15. The molecule has 0 spiro atoms. The summed E-state index contributed by atoms with van der Waals surface area (Å²) < 4.78 is 0. The first-order valence-electron chi connectivity index (χ1n) is 9.59. The molecule has 0 bridgehead atoms. The normalized spacial score (nSPS) is 21.2. The molecule has 0 amide bonds. The fraction of sp³-hybridized carbons (Fsp3) is 0.304. The Balaban J connectivity index is 1.75. The number of aromatic nitrogens is 1. The predicted octanol–water partition coefficient (Wildman–Crippen LogP) is 4.54. The van der Waals surface area contributed by atoms with Gasteiger partial charge in [0.05, 0.1) is 24.4 Å². The van der Waals surface area contributed by atoms with Crippen molar-refractivity contribution >= 4 is 16.5 Å². The summed E-state index contributed by atoms with van der Waals surface area (Å²) in [4.78, 5) is 7.93. The average Bonchev–Trinajstić information content (AvgIpc) is 3.09. The van der Waals surface area contributed by atoms with Gasteiger partial charge in [0.2, 0.25) is 0 Å². The molecule has 1 N–H and O–H groups in total. The van der Waals surface area contributed by atoms with Gasteiger partial charge in [-0.2, -0.15) is 5.26 Å². The maximum atomic E-state index is 10.2. The van der Waals surface area contributed by atoms with Gasteiger partial charge in [0.25, 0.3) is 0 Å². The van der Waals surface area contributed by atoms with E-state index in [1.807, 2.05) is 42.2 Å². The molecule has 5 heteroatoms. The SMILES string of the molecule is CCc1sc(N2[C@@H](C#N)[C@@H](c3ccccc3-c3ccccc3)[C@@H]2CO)nc1C. The minimum Gasteiger partial charge on any atom is -0.394 e. The summed E-state index contributed by atoms with van der Waals surface area (Å²) in [6.45, 7) is 4.12. The van der Waals surface area contributed by atoms with E-state index in [1.54, 1.807) is 11.3 Å². The van der Waals surface area contributed by atoms with Crippen LogP contribution in [0.1, 0.15) is 29.0 Å². The number of aliphatic hydroxyl groups excluding tert-OH is 1. The average molecular weight is 390 g/mol. The van der Waals surface area contributed by atoms with E-state index >= 15 is 0 Å². The minimum atomic E-state index is -0.336. The molecule has 4 rings (SSSR count). The Morgan fingerprint density at radius 2 is 1.86 bits per heavy atom. The van der Waals surface area contributed by atoms with E-state index < -0.39 is 0 Å². The second-order valence-electron chi connectivity index (χ2n) is 7.07. The van der Waals surface area contributed by atoms with Crippen molar-refractivity contribution in [3.05, 3.63) is 70.7 Å². The number of hydrogen-bond acceptors (Lipinski definition) is 5. The van der Waals surface area contributed by atoms with E-state index in [2.05, 4.69) is 37.3 Å². The number of benzene rings is 2. The van der Waals surface area contributed by atoms with Gasteiger partial charge in [-0.05, 0) is 30.0 Å². The molecular weight excluding hydrogens is 366 g/mol. The number of anilines is 1. The molecule has 1 aliphatic rings. The predicted molar refractivity (Wildman–Crippen MR) is 114 cm³/mol. The lowest BCUT2D eigenvalue weighted by atomic mass is 9.74. The summed E-state index contributed by atoms with van der Waals surface area (Å²) in [5.41, 5.74) is 4.38. The van der Waals surface area contributed by atoms with Gasteiger partial charge in [0.1, 0.15) is 6.04 Å². The van der Waals surface area contributed by atoms with Crippen molar-refractivity contribution in [1.29, 1.82) is 5.26 Å². The van der Waals surface area contributed by atoms with Crippen LogP contribution in [-0.2, 0) is 6.42 Å². The zero-order chi connectivity index (χ0) is 19.7. The van der Waals surface area contributed by atoms with Gasteiger partial charge in [-0.3, -0.25) is 0 Å². The van der Waals surface area contributed by atoms with E-state index in [1.165, 1.54) is 4.88 Å². The van der Waals surface area contributed by atoms with Crippen LogP contribution in [0.2, 0.25) is 0 Å². The number of nitrogens with zero attached hydrogens (tertiary/aromatic N) is 3. The van der Waals surface area contributed by atoms with Crippen molar-refractivity contribution in [2.45, 2.75) is 38.3 Å². The monoisotopic (exact) mass is 389 g/mol. The van der Waals surface area contributed by atoms with Gasteiger partial charge in [0, 0.05) is 10.8 Å². The first-order chi connectivity index (χ1) is 13.7. The summed E-state index contributed by atoms with van der Waals surface area (Å²) in [5.74, 6) is -0.0549. The van der Waals surface area contributed by atoms with Crippen LogP contribution in [0.15, 0.2) is 54.6 Å². The van der Waals surface area contributed by atoms with Crippen molar-refractivity contribution < 1.29 is 5.11 Å². The van der Waals surface area contributed by atoms with Gasteiger partial charge >= 0.3 is 0 Å². The molecule has 0 radical (unpaired) electrons. The smallest absolute Gasteiger partial charge is 0.187 e. The molecule has 0 saturated carbocycles. The van der Waals surface area contributed by atoms with Crippen molar-refractivity contribution in [3.63, 3.8) is 0 Å². The number of nitriles is 1. The zero-order valence-corrected chi connectivity index (χ0v) is 16.9. The molecule has 2 heterocycles. The molecule has 2 aromatic carbocycles. The lowest BCUT2D eigenvalue weighted by Gasteiger charge is -2.52. The molecule has 0 aliphatic carbocycles. The zero-order valence-electron chi connectivity index (χ0n) is 16.0. The molecule has 3 aromatic rings. The fourth-order valence-corrected chi connectivity index (χ4v) is 5.26. The molecule has 1 aromatic heterocycles. The summed E-state index contributed by atoms with van der Waals surface area (Å²) in [6.07, 6.45) is 0.929. The van der Waals surface area contributed by atoms with Crippen molar-refractivity contribution in [1.82, 2.24) is 4.98 Å². The number of rotatable bonds is 5. The molecule has 1 aliphatic heterocycles. The number of aliphatic hydroxyl groups is 1. The third-order valence-electron chi connectivity index (χ3n) is 5.56. The first-order valence-corrected chi connectivity index (χ1v) is 10.4. The minimum absolute atomic E-state index is 0.00788. The van der Waals surface area contributed by atoms with E-state index in [0.717, 1.165) is 33.9 Å².